The van der Waals surface area contributed by atoms with Crippen molar-refractivity contribution in [2.24, 2.45) is 5.16 Å². The number of allylic oxidation sites excluding steroid dienone is 2. The zero-order chi connectivity index (χ0) is 13.3. The molecule has 0 aromatic heterocycles. The Bertz CT molecular complexity index is 598. The number of fused-ring (bicyclic) bond motifs is 1. The maximum Gasteiger partial charge on any atom is 0.233 e. The lowest BCUT2D eigenvalue weighted by molar-refractivity contribution is 0.0884. The molecular weight excluding hydrogens is 254 g/mol. The van der Waals surface area contributed by atoms with E-state index in [2.05, 4.69) is 5.16 Å². The normalized spacial score (nSPS) is 14.4. The molecule has 1 aromatic carbocycles. The summed E-state index contributed by atoms with van der Waals surface area (Å²) in [5.74, 6) is -1.08. The van der Waals surface area contributed by atoms with Gasteiger partial charge in [0, 0.05) is 11.1 Å². The van der Waals surface area contributed by atoms with E-state index in [1.165, 1.54) is 0 Å². The van der Waals surface area contributed by atoms with E-state index < -0.39 is 11.6 Å². The molecule has 0 atom stereocenters. The molecule has 0 saturated carbocycles. The number of ketones is 2. The zero-order valence-electron chi connectivity index (χ0n) is 9.86. The molecular formula is C13H10ClNO3. The Hall–Kier alpha value is -1.94. The van der Waals surface area contributed by atoms with Crippen molar-refractivity contribution in [1.82, 2.24) is 0 Å². The Morgan fingerprint density at radius 2 is 1.67 bits per heavy atom. The number of halogens is 1. The summed E-state index contributed by atoms with van der Waals surface area (Å²) in [5, 5.41) is 3.43. The lowest BCUT2D eigenvalue weighted by Crippen LogP contribution is -2.20. The molecule has 1 aliphatic rings. The smallest absolute Gasteiger partial charge is 0.233 e. The third-order valence-corrected chi connectivity index (χ3v) is 2.68. The molecule has 1 aliphatic carbocycles. The second kappa shape index (κ2) is 4.74. The predicted octanol–water partition coefficient (Wildman–Crippen LogP) is 2.93. The van der Waals surface area contributed by atoms with Crippen LogP contribution in [0.15, 0.2) is 40.2 Å². The molecule has 1 aromatic rings. The quantitative estimate of drug-likeness (QED) is 0.609. The van der Waals surface area contributed by atoms with Crippen molar-refractivity contribution in [3.8, 4) is 0 Å². The third kappa shape index (κ3) is 2.07. The Morgan fingerprint density at radius 3 is 2.22 bits per heavy atom. The van der Waals surface area contributed by atoms with Gasteiger partial charge in [0.15, 0.2) is 0 Å². The number of rotatable bonds is 2. The van der Waals surface area contributed by atoms with Gasteiger partial charge in [-0.15, -0.1) is 0 Å². The molecule has 0 unspecified atom stereocenters. The molecule has 0 radical (unpaired) electrons. The second-order valence-electron chi connectivity index (χ2n) is 3.98. The predicted molar refractivity (Wildman–Crippen MR) is 67.9 cm³/mol. The second-order valence-corrected chi connectivity index (χ2v) is 4.35. The number of hydrogen-bond acceptors (Lipinski definition) is 4. The molecule has 0 aliphatic heterocycles. The fraction of sp³-hybridized carbons (Fsp3) is 0.154. The summed E-state index contributed by atoms with van der Waals surface area (Å²) in [7, 11) is 0. The van der Waals surface area contributed by atoms with E-state index in [1.807, 2.05) is 0 Å². The number of hydrogen-bond donors (Lipinski definition) is 0. The van der Waals surface area contributed by atoms with Gasteiger partial charge in [-0.25, -0.2) is 0 Å². The van der Waals surface area contributed by atoms with Gasteiger partial charge < -0.3 is 4.84 Å². The highest BCUT2D eigenvalue weighted by Gasteiger charge is 2.33. The SMILES string of the molecule is CC(C)=NOC1=C(Cl)C(=O)c2ccccc2C1=O. The number of carbonyl (C=O) groups is 2. The minimum absolute atomic E-state index is 0.221. The average molecular weight is 264 g/mol. The maximum absolute atomic E-state index is 12.1. The minimum atomic E-state index is -0.430. The van der Waals surface area contributed by atoms with Crippen LogP contribution in [-0.4, -0.2) is 17.3 Å². The number of nitrogens with zero attached hydrogens (tertiary/aromatic N) is 1. The van der Waals surface area contributed by atoms with E-state index in [0.717, 1.165) is 0 Å². The van der Waals surface area contributed by atoms with Gasteiger partial charge in [0.05, 0.1) is 5.71 Å². The summed E-state index contributed by atoms with van der Waals surface area (Å²) in [6.45, 7) is 3.41. The molecule has 2 rings (SSSR count). The molecule has 0 N–H and O–H groups in total. The van der Waals surface area contributed by atoms with Gasteiger partial charge in [-0.05, 0) is 13.8 Å². The van der Waals surface area contributed by atoms with Gasteiger partial charge in [0.25, 0.3) is 0 Å². The first kappa shape index (κ1) is 12.5. The highest BCUT2D eigenvalue weighted by molar-refractivity contribution is 6.49. The number of oxime groups is 1. The molecule has 0 saturated heterocycles. The summed E-state index contributed by atoms with van der Waals surface area (Å²) in [4.78, 5) is 29.0. The van der Waals surface area contributed by atoms with Gasteiger partial charge in [-0.1, -0.05) is 41.0 Å². The molecule has 0 heterocycles. The lowest BCUT2D eigenvalue weighted by atomic mass is 9.93. The number of benzene rings is 1. The van der Waals surface area contributed by atoms with Crippen LogP contribution in [0.3, 0.4) is 0 Å². The molecule has 92 valence electrons. The van der Waals surface area contributed by atoms with E-state index in [-0.39, 0.29) is 21.9 Å². The van der Waals surface area contributed by atoms with Crippen molar-refractivity contribution in [2.75, 3.05) is 0 Å². The van der Waals surface area contributed by atoms with Crippen LogP contribution >= 0.6 is 11.6 Å². The zero-order valence-corrected chi connectivity index (χ0v) is 10.6. The first-order chi connectivity index (χ1) is 8.52. The highest BCUT2D eigenvalue weighted by atomic mass is 35.5. The third-order valence-electron chi connectivity index (χ3n) is 2.34. The van der Waals surface area contributed by atoms with Crippen molar-refractivity contribution < 1.29 is 14.4 Å². The van der Waals surface area contributed by atoms with Crippen LogP contribution in [0.25, 0.3) is 0 Å². The van der Waals surface area contributed by atoms with Crippen molar-refractivity contribution >= 4 is 28.9 Å². The number of Topliss-reactive ketones (excluding diaryl/α,β-unsaturated/α-hetero) is 2. The standard InChI is InChI=1S/C13H10ClNO3/c1-7(2)15-18-13-10(14)11(16)8-5-3-4-6-9(8)12(13)17/h3-6H,1-2H3. The molecule has 0 spiro atoms. The van der Waals surface area contributed by atoms with Gasteiger partial charge in [-0.2, -0.15) is 0 Å². The molecule has 0 bridgehead atoms. The molecule has 18 heavy (non-hydrogen) atoms. The minimum Gasteiger partial charge on any atom is -0.351 e. The topological polar surface area (TPSA) is 55.7 Å². The highest BCUT2D eigenvalue weighted by Crippen LogP contribution is 2.29. The van der Waals surface area contributed by atoms with E-state index >= 15 is 0 Å². The molecule has 4 nitrogen and oxygen atoms in total. The van der Waals surface area contributed by atoms with Crippen LogP contribution < -0.4 is 0 Å². The first-order valence-corrected chi connectivity index (χ1v) is 5.66. The van der Waals surface area contributed by atoms with E-state index in [1.54, 1.807) is 38.1 Å². The average Bonchev–Trinajstić information content (AvgIpc) is 2.36. The van der Waals surface area contributed by atoms with Gasteiger partial charge in [0.1, 0.15) is 5.03 Å². The molecule has 0 fully saturated rings. The fourth-order valence-corrected chi connectivity index (χ4v) is 1.76. The lowest BCUT2D eigenvalue weighted by Gasteiger charge is -2.15. The van der Waals surface area contributed by atoms with Crippen LogP contribution in [0.4, 0.5) is 0 Å². The van der Waals surface area contributed by atoms with E-state index in [0.29, 0.717) is 5.71 Å². The van der Waals surface area contributed by atoms with Gasteiger partial charge >= 0.3 is 0 Å². The Balaban J connectivity index is 2.50. The Morgan fingerprint density at radius 1 is 1.11 bits per heavy atom. The fourth-order valence-electron chi connectivity index (χ4n) is 1.54. The summed E-state index contributed by atoms with van der Waals surface area (Å²) < 4.78 is 0. The Kier molecular flexibility index (Phi) is 3.30. The summed E-state index contributed by atoms with van der Waals surface area (Å²) in [6, 6.07) is 6.47. The summed E-state index contributed by atoms with van der Waals surface area (Å²) in [6.07, 6.45) is 0. The van der Waals surface area contributed by atoms with Gasteiger partial charge in [-0.3, -0.25) is 9.59 Å². The maximum atomic E-state index is 12.1. The van der Waals surface area contributed by atoms with Crippen molar-refractivity contribution in [3.05, 3.63) is 46.2 Å². The first-order valence-electron chi connectivity index (χ1n) is 5.28. The van der Waals surface area contributed by atoms with Crippen LogP contribution in [0.5, 0.6) is 0 Å². The van der Waals surface area contributed by atoms with E-state index in [9.17, 15) is 9.59 Å². The molecule has 0 amide bonds. The monoisotopic (exact) mass is 263 g/mol. The largest absolute Gasteiger partial charge is 0.351 e. The van der Waals surface area contributed by atoms with Gasteiger partial charge in [0.2, 0.25) is 17.3 Å². The number of carbonyl (C=O) groups excluding carboxylic acids is 2. The van der Waals surface area contributed by atoms with Crippen LogP contribution in [0.1, 0.15) is 34.6 Å². The van der Waals surface area contributed by atoms with Crippen LogP contribution in [0.2, 0.25) is 0 Å². The van der Waals surface area contributed by atoms with Crippen molar-refractivity contribution in [1.29, 1.82) is 0 Å². The van der Waals surface area contributed by atoms with Crippen molar-refractivity contribution in [2.45, 2.75) is 13.8 Å². The van der Waals surface area contributed by atoms with E-state index in [4.69, 9.17) is 16.4 Å². The van der Waals surface area contributed by atoms with Crippen LogP contribution in [0, 0.1) is 0 Å². The Labute approximate surface area is 109 Å². The summed E-state index contributed by atoms with van der Waals surface area (Å²) >= 11 is 5.85. The van der Waals surface area contributed by atoms with Crippen LogP contribution in [-0.2, 0) is 4.84 Å². The summed E-state index contributed by atoms with van der Waals surface area (Å²) in [5.41, 5.74) is 1.19. The molecule has 5 heteroatoms. The van der Waals surface area contributed by atoms with Crippen molar-refractivity contribution in [3.63, 3.8) is 0 Å².